The predicted molar refractivity (Wildman–Crippen MR) is 82.8 cm³/mol. The van der Waals surface area contributed by atoms with Gasteiger partial charge in [-0.15, -0.1) is 0 Å². The second-order valence-corrected chi connectivity index (χ2v) is 6.78. The van der Waals surface area contributed by atoms with Crippen LogP contribution >= 0.6 is 0 Å². The lowest BCUT2D eigenvalue weighted by atomic mass is 9.81. The van der Waals surface area contributed by atoms with E-state index in [1.165, 1.54) is 0 Å². The number of hydrogen-bond donors (Lipinski definition) is 2. The van der Waals surface area contributed by atoms with Crippen LogP contribution in [-0.4, -0.2) is 47.9 Å². The Morgan fingerprint density at radius 1 is 1.29 bits per heavy atom. The van der Waals surface area contributed by atoms with Crippen molar-refractivity contribution in [1.29, 1.82) is 0 Å². The summed E-state index contributed by atoms with van der Waals surface area (Å²) in [4.78, 5) is 27.5. The van der Waals surface area contributed by atoms with Crippen LogP contribution in [0.15, 0.2) is 0 Å². The molecule has 2 fully saturated rings. The average molecular weight is 295 g/mol. The number of hydrogen-bond acceptors (Lipinski definition) is 3. The van der Waals surface area contributed by atoms with Crippen molar-refractivity contribution in [2.75, 3.05) is 19.6 Å². The van der Waals surface area contributed by atoms with E-state index >= 15 is 0 Å². The van der Waals surface area contributed by atoms with Gasteiger partial charge in [0.25, 0.3) is 0 Å². The van der Waals surface area contributed by atoms with Crippen LogP contribution in [0.25, 0.3) is 0 Å². The summed E-state index contributed by atoms with van der Waals surface area (Å²) >= 11 is 0. The third-order valence-corrected chi connectivity index (χ3v) is 4.68. The highest BCUT2D eigenvalue weighted by atomic mass is 16.2. The van der Waals surface area contributed by atoms with Crippen LogP contribution in [0.4, 0.5) is 0 Å². The maximum atomic E-state index is 12.9. The monoisotopic (exact) mass is 295 g/mol. The van der Waals surface area contributed by atoms with Gasteiger partial charge in [-0.1, -0.05) is 27.2 Å². The first-order valence-corrected chi connectivity index (χ1v) is 8.34. The van der Waals surface area contributed by atoms with Crippen LogP contribution in [0.3, 0.4) is 0 Å². The Bertz CT molecular complexity index is 389. The lowest BCUT2D eigenvalue weighted by Crippen LogP contribution is -2.72. The van der Waals surface area contributed by atoms with E-state index in [2.05, 4.69) is 31.4 Å². The van der Waals surface area contributed by atoms with Gasteiger partial charge in [-0.3, -0.25) is 9.59 Å². The smallest absolute Gasteiger partial charge is 0.246 e. The van der Waals surface area contributed by atoms with Gasteiger partial charge < -0.3 is 15.5 Å². The molecule has 0 aliphatic carbocycles. The molecule has 2 amide bonds. The van der Waals surface area contributed by atoms with Gasteiger partial charge in [0.05, 0.1) is 0 Å². The first-order chi connectivity index (χ1) is 10.0. The van der Waals surface area contributed by atoms with Gasteiger partial charge in [-0.05, 0) is 44.7 Å². The van der Waals surface area contributed by atoms with Gasteiger partial charge >= 0.3 is 0 Å². The summed E-state index contributed by atoms with van der Waals surface area (Å²) in [6.45, 7) is 8.61. The van der Waals surface area contributed by atoms with Crippen molar-refractivity contribution >= 4 is 11.8 Å². The number of piperidine rings is 1. The number of unbranched alkanes of at least 4 members (excludes halogenated alkanes) is 1. The SMILES string of the molecule is CCCCN1C(=O)C(CC(C)C)NC(=O)C12CCNCC2. The maximum absolute atomic E-state index is 12.9. The molecule has 5 nitrogen and oxygen atoms in total. The van der Waals surface area contributed by atoms with E-state index in [1.807, 2.05) is 4.90 Å². The molecule has 0 aromatic carbocycles. The van der Waals surface area contributed by atoms with Gasteiger partial charge in [0.2, 0.25) is 11.8 Å². The lowest BCUT2D eigenvalue weighted by molar-refractivity contribution is -0.160. The van der Waals surface area contributed by atoms with Crippen molar-refractivity contribution in [2.24, 2.45) is 5.92 Å². The third kappa shape index (κ3) is 3.23. The molecule has 2 N–H and O–H groups in total. The first-order valence-electron chi connectivity index (χ1n) is 8.34. The molecule has 0 saturated carbocycles. The topological polar surface area (TPSA) is 61.4 Å². The summed E-state index contributed by atoms with van der Waals surface area (Å²) in [6, 6.07) is -0.338. The van der Waals surface area contributed by atoms with Crippen LogP contribution in [0.5, 0.6) is 0 Å². The minimum absolute atomic E-state index is 0.0605. The van der Waals surface area contributed by atoms with Crippen LogP contribution < -0.4 is 10.6 Å². The third-order valence-electron chi connectivity index (χ3n) is 4.68. The van der Waals surface area contributed by atoms with E-state index in [-0.39, 0.29) is 17.9 Å². The van der Waals surface area contributed by atoms with Crippen molar-refractivity contribution in [2.45, 2.75) is 64.5 Å². The van der Waals surface area contributed by atoms with Crippen LogP contribution in [0, 0.1) is 5.92 Å². The Labute approximate surface area is 127 Å². The van der Waals surface area contributed by atoms with Gasteiger partial charge in [0.1, 0.15) is 11.6 Å². The van der Waals surface area contributed by atoms with Gasteiger partial charge in [0.15, 0.2) is 0 Å². The molecule has 0 aromatic rings. The minimum atomic E-state index is -0.606. The molecule has 0 bridgehead atoms. The zero-order valence-electron chi connectivity index (χ0n) is 13.6. The molecule has 2 saturated heterocycles. The number of carbonyl (C=O) groups is 2. The Balaban J connectivity index is 2.23. The van der Waals surface area contributed by atoms with Crippen LogP contribution in [0.2, 0.25) is 0 Å². The normalized spacial score (nSPS) is 25.5. The number of rotatable bonds is 5. The molecular weight excluding hydrogens is 266 g/mol. The minimum Gasteiger partial charge on any atom is -0.342 e. The fraction of sp³-hybridized carbons (Fsp3) is 0.875. The zero-order chi connectivity index (χ0) is 15.5. The molecule has 2 aliphatic rings. The molecule has 2 aliphatic heterocycles. The Morgan fingerprint density at radius 2 is 1.95 bits per heavy atom. The second-order valence-electron chi connectivity index (χ2n) is 6.78. The molecule has 1 atom stereocenters. The second kappa shape index (κ2) is 6.77. The number of carbonyl (C=O) groups excluding carboxylic acids is 2. The maximum Gasteiger partial charge on any atom is 0.246 e. The van der Waals surface area contributed by atoms with Crippen LogP contribution in [0.1, 0.15) is 52.9 Å². The summed E-state index contributed by atoms with van der Waals surface area (Å²) in [5.41, 5.74) is -0.606. The van der Waals surface area contributed by atoms with Crippen molar-refractivity contribution in [3.05, 3.63) is 0 Å². The van der Waals surface area contributed by atoms with Crippen molar-refractivity contribution in [1.82, 2.24) is 15.5 Å². The van der Waals surface area contributed by atoms with E-state index in [9.17, 15) is 9.59 Å². The molecule has 0 radical (unpaired) electrons. The first kappa shape index (κ1) is 16.3. The number of piperazine rings is 1. The van der Waals surface area contributed by atoms with E-state index in [0.29, 0.717) is 12.5 Å². The Morgan fingerprint density at radius 3 is 2.52 bits per heavy atom. The predicted octanol–water partition coefficient (Wildman–Crippen LogP) is 1.28. The Hall–Kier alpha value is -1.10. The highest BCUT2D eigenvalue weighted by Crippen LogP contribution is 2.32. The van der Waals surface area contributed by atoms with Gasteiger partial charge in [-0.2, -0.15) is 0 Å². The fourth-order valence-corrected chi connectivity index (χ4v) is 3.48. The van der Waals surface area contributed by atoms with Crippen molar-refractivity contribution < 1.29 is 9.59 Å². The quantitative estimate of drug-likeness (QED) is 0.803. The highest BCUT2D eigenvalue weighted by molar-refractivity contribution is 6.00. The summed E-state index contributed by atoms with van der Waals surface area (Å²) in [5.74, 6) is 0.582. The standard InChI is InChI=1S/C16H29N3O2/c1-4-5-10-19-14(20)13(11-12(2)3)18-15(21)16(19)6-8-17-9-7-16/h12-13,17H,4-11H2,1-3H3,(H,18,21). The molecule has 1 unspecified atom stereocenters. The van der Waals surface area contributed by atoms with E-state index < -0.39 is 5.54 Å². The number of nitrogens with zero attached hydrogens (tertiary/aromatic N) is 1. The number of amides is 2. The lowest BCUT2D eigenvalue weighted by Gasteiger charge is -2.50. The van der Waals surface area contributed by atoms with Crippen molar-refractivity contribution in [3.63, 3.8) is 0 Å². The molecular formula is C16H29N3O2. The van der Waals surface area contributed by atoms with Gasteiger partial charge in [0, 0.05) is 6.54 Å². The fourth-order valence-electron chi connectivity index (χ4n) is 3.48. The zero-order valence-corrected chi connectivity index (χ0v) is 13.6. The Kier molecular flexibility index (Phi) is 5.25. The molecule has 5 heteroatoms. The van der Waals surface area contributed by atoms with Crippen LogP contribution in [-0.2, 0) is 9.59 Å². The average Bonchev–Trinajstić information content (AvgIpc) is 2.45. The molecule has 1 spiro atoms. The molecule has 21 heavy (non-hydrogen) atoms. The largest absolute Gasteiger partial charge is 0.342 e. The van der Waals surface area contributed by atoms with E-state index in [1.54, 1.807) is 0 Å². The summed E-state index contributed by atoms with van der Waals surface area (Å²) < 4.78 is 0. The molecule has 120 valence electrons. The number of nitrogens with one attached hydrogen (secondary N) is 2. The molecule has 2 heterocycles. The highest BCUT2D eigenvalue weighted by Gasteiger charge is 2.52. The van der Waals surface area contributed by atoms with E-state index in [4.69, 9.17) is 0 Å². The van der Waals surface area contributed by atoms with Gasteiger partial charge in [-0.25, -0.2) is 0 Å². The molecule has 0 aromatic heterocycles. The summed E-state index contributed by atoms with van der Waals surface area (Å²) in [6.07, 6.45) is 4.17. The van der Waals surface area contributed by atoms with E-state index in [0.717, 1.165) is 45.2 Å². The van der Waals surface area contributed by atoms with Crippen molar-refractivity contribution in [3.8, 4) is 0 Å². The molecule has 2 rings (SSSR count). The summed E-state index contributed by atoms with van der Waals surface area (Å²) in [7, 11) is 0. The summed E-state index contributed by atoms with van der Waals surface area (Å²) in [5, 5.41) is 6.30.